The summed E-state index contributed by atoms with van der Waals surface area (Å²) >= 11 is 0. The van der Waals surface area contributed by atoms with Crippen molar-refractivity contribution in [2.45, 2.75) is 38.7 Å². The SMILES string of the molecule is CC[C@H](O)c1ccc(N2CCCC(CCO)C2)cn1. The molecule has 1 unspecified atom stereocenters. The summed E-state index contributed by atoms with van der Waals surface area (Å²) in [4.78, 5) is 6.69. The van der Waals surface area contributed by atoms with Crippen molar-refractivity contribution >= 4 is 5.69 Å². The Morgan fingerprint density at radius 2 is 2.32 bits per heavy atom. The molecule has 19 heavy (non-hydrogen) atoms. The molecular weight excluding hydrogens is 240 g/mol. The molecule has 2 N–H and O–H groups in total. The van der Waals surface area contributed by atoms with Gasteiger partial charge in [-0.1, -0.05) is 6.92 Å². The molecule has 0 aliphatic carbocycles. The molecule has 1 saturated heterocycles. The summed E-state index contributed by atoms with van der Waals surface area (Å²) in [5.41, 5.74) is 1.87. The van der Waals surface area contributed by atoms with E-state index in [-0.39, 0.29) is 6.61 Å². The lowest BCUT2D eigenvalue weighted by atomic mass is 9.95. The van der Waals surface area contributed by atoms with Crippen LogP contribution in [0.1, 0.15) is 44.4 Å². The van der Waals surface area contributed by atoms with Crippen molar-refractivity contribution in [3.05, 3.63) is 24.0 Å². The summed E-state index contributed by atoms with van der Waals surface area (Å²) in [6, 6.07) is 3.96. The van der Waals surface area contributed by atoms with E-state index in [4.69, 9.17) is 5.11 Å². The zero-order valence-electron chi connectivity index (χ0n) is 11.6. The Hall–Kier alpha value is -1.13. The molecule has 2 atom stereocenters. The van der Waals surface area contributed by atoms with E-state index in [2.05, 4.69) is 9.88 Å². The minimum atomic E-state index is -0.461. The zero-order chi connectivity index (χ0) is 13.7. The molecule has 1 aliphatic heterocycles. The number of pyridine rings is 1. The highest BCUT2D eigenvalue weighted by Crippen LogP contribution is 2.25. The number of aliphatic hydroxyl groups is 2. The van der Waals surface area contributed by atoms with Gasteiger partial charge in [0.1, 0.15) is 0 Å². The first-order valence-electron chi connectivity index (χ1n) is 7.24. The number of anilines is 1. The topological polar surface area (TPSA) is 56.6 Å². The Labute approximate surface area is 115 Å². The molecule has 2 heterocycles. The van der Waals surface area contributed by atoms with Crippen LogP contribution in [0.2, 0.25) is 0 Å². The van der Waals surface area contributed by atoms with Crippen molar-refractivity contribution < 1.29 is 10.2 Å². The maximum absolute atomic E-state index is 9.74. The first kappa shape index (κ1) is 14.3. The summed E-state index contributed by atoms with van der Waals surface area (Å²) in [6.07, 6.45) is 5.35. The van der Waals surface area contributed by atoms with Gasteiger partial charge in [0.05, 0.1) is 23.7 Å². The normalized spacial score (nSPS) is 21.4. The van der Waals surface area contributed by atoms with Crippen LogP contribution in [-0.2, 0) is 0 Å². The number of nitrogens with zero attached hydrogens (tertiary/aromatic N) is 2. The Kier molecular flexibility index (Phi) is 5.16. The molecule has 0 saturated carbocycles. The van der Waals surface area contributed by atoms with Crippen LogP contribution in [0.15, 0.2) is 18.3 Å². The van der Waals surface area contributed by atoms with E-state index in [1.54, 1.807) is 0 Å². The second-order valence-electron chi connectivity index (χ2n) is 5.33. The quantitative estimate of drug-likeness (QED) is 0.855. The summed E-state index contributed by atoms with van der Waals surface area (Å²) in [5, 5.41) is 18.8. The third kappa shape index (κ3) is 3.67. The van der Waals surface area contributed by atoms with Crippen LogP contribution in [0, 0.1) is 5.92 Å². The number of piperidine rings is 1. The molecule has 4 heteroatoms. The first-order chi connectivity index (χ1) is 9.24. The maximum atomic E-state index is 9.74. The molecule has 0 aromatic carbocycles. The van der Waals surface area contributed by atoms with Crippen LogP contribution in [0.5, 0.6) is 0 Å². The Bertz CT molecular complexity index is 378. The number of aromatic nitrogens is 1. The summed E-state index contributed by atoms with van der Waals surface area (Å²) in [6.45, 7) is 4.28. The van der Waals surface area contributed by atoms with Crippen LogP contribution in [0.25, 0.3) is 0 Å². The van der Waals surface area contributed by atoms with Gasteiger partial charge in [0, 0.05) is 19.7 Å². The van der Waals surface area contributed by atoms with Crippen molar-refractivity contribution in [3.8, 4) is 0 Å². The van der Waals surface area contributed by atoms with Crippen LogP contribution in [0.4, 0.5) is 5.69 Å². The lowest BCUT2D eigenvalue weighted by Gasteiger charge is -2.34. The largest absolute Gasteiger partial charge is 0.396 e. The van der Waals surface area contributed by atoms with E-state index in [9.17, 15) is 5.11 Å². The maximum Gasteiger partial charge on any atom is 0.0957 e. The second-order valence-corrected chi connectivity index (χ2v) is 5.33. The third-order valence-electron chi connectivity index (χ3n) is 3.92. The Morgan fingerprint density at radius 3 is 2.95 bits per heavy atom. The highest BCUT2D eigenvalue weighted by Gasteiger charge is 2.20. The fraction of sp³-hybridized carbons (Fsp3) is 0.667. The van der Waals surface area contributed by atoms with Gasteiger partial charge < -0.3 is 15.1 Å². The predicted molar refractivity (Wildman–Crippen MR) is 76.1 cm³/mol. The lowest BCUT2D eigenvalue weighted by molar-refractivity contribution is 0.169. The van der Waals surface area contributed by atoms with Gasteiger partial charge >= 0.3 is 0 Å². The highest BCUT2D eigenvalue weighted by molar-refractivity contribution is 5.45. The van der Waals surface area contributed by atoms with Crippen LogP contribution >= 0.6 is 0 Å². The monoisotopic (exact) mass is 264 g/mol. The van der Waals surface area contributed by atoms with Gasteiger partial charge in [-0.05, 0) is 43.7 Å². The van der Waals surface area contributed by atoms with Gasteiger partial charge in [0.25, 0.3) is 0 Å². The van der Waals surface area contributed by atoms with E-state index < -0.39 is 6.10 Å². The molecule has 1 aliphatic rings. The number of hydrogen-bond acceptors (Lipinski definition) is 4. The second kappa shape index (κ2) is 6.87. The molecule has 1 fully saturated rings. The predicted octanol–water partition coefficient (Wildman–Crippen LogP) is 2.12. The Morgan fingerprint density at radius 1 is 1.47 bits per heavy atom. The zero-order valence-corrected chi connectivity index (χ0v) is 11.6. The minimum Gasteiger partial charge on any atom is -0.396 e. The molecule has 106 valence electrons. The van der Waals surface area contributed by atoms with Crippen molar-refractivity contribution in [2.75, 3.05) is 24.6 Å². The Balaban J connectivity index is 2.01. The van der Waals surface area contributed by atoms with Gasteiger partial charge in [0.2, 0.25) is 0 Å². The number of rotatable bonds is 5. The average molecular weight is 264 g/mol. The third-order valence-corrected chi connectivity index (χ3v) is 3.92. The summed E-state index contributed by atoms with van der Waals surface area (Å²) in [5.74, 6) is 0.583. The molecule has 1 aromatic heterocycles. The van der Waals surface area contributed by atoms with Gasteiger partial charge in [0.15, 0.2) is 0 Å². The summed E-state index contributed by atoms with van der Waals surface area (Å²) < 4.78 is 0. The summed E-state index contributed by atoms with van der Waals surface area (Å²) in [7, 11) is 0. The van der Waals surface area contributed by atoms with Crippen LogP contribution in [0.3, 0.4) is 0 Å². The fourth-order valence-electron chi connectivity index (χ4n) is 2.71. The van der Waals surface area contributed by atoms with Crippen LogP contribution in [-0.4, -0.2) is 34.9 Å². The lowest BCUT2D eigenvalue weighted by Crippen LogP contribution is -2.35. The fourth-order valence-corrected chi connectivity index (χ4v) is 2.71. The van der Waals surface area contributed by atoms with Crippen molar-refractivity contribution in [3.63, 3.8) is 0 Å². The average Bonchev–Trinajstić information content (AvgIpc) is 2.47. The van der Waals surface area contributed by atoms with Gasteiger partial charge in [-0.15, -0.1) is 0 Å². The van der Waals surface area contributed by atoms with E-state index in [0.29, 0.717) is 12.3 Å². The van der Waals surface area contributed by atoms with Gasteiger partial charge in [-0.3, -0.25) is 4.98 Å². The van der Waals surface area contributed by atoms with E-state index in [1.165, 1.54) is 12.8 Å². The first-order valence-corrected chi connectivity index (χ1v) is 7.24. The molecule has 0 radical (unpaired) electrons. The molecule has 0 spiro atoms. The van der Waals surface area contributed by atoms with Gasteiger partial charge in [-0.25, -0.2) is 0 Å². The highest BCUT2D eigenvalue weighted by atomic mass is 16.3. The number of hydrogen-bond donors (Lipinski definition) is 2. The molecule has 0 amide bonds. The smallest absolute Gasteiger partial charge is 0.0957 e. The molecular formula is C15H24N2O2. The molecule has 2 rings (SSSR count). The van der Waals surface area contributed by atoms with Crippen molar-refractivity contribution in [1.29, 1.82) is 0 Å². The van der Waals surface area contributed by atoms with E-state index >= 15 is 0 Å². The van der Waals surface area contributed by atoms with Gasteiger partial charge in [-0.2, -0.15) is 0 Å². The van der Waals surface area contributed by atoms with E-state index in [1.807, 2.05) is 25.3 Å². The van der Waals surface area contributed by atoms with Crippen molar-refractivity contribution in [2.24, 2.45) is 5.92 Å². The molecule has 4 nitrogen and oxygen atoms in total. The standard InChI is InChI=1S/C15H24N2O2/c1-2-15(19)14-6-5-13(10-16-14)17-8-3-4-12(11-17)7-9-18/h5-6,10,12,15,18-19H,2-4,7-9,11H2,1H3/t12?,15-/m0/s1. The molecule has 1 aromatic rings. The molecule has 0 bridgehead atoms. The number of aliphatic hydroxyl groups excluding tert-OH is 2. The minimum absolute atomic E-state index is 0.276. The van der Waals surface area contributed by atoms with Crippen molar-refractivity contribution in [1.82, 2.24) is 4.98 Å². The van der Waals surface area contributed by atoms with Crippen LogP contribution < -0.4 is 4.90 Å². The van der Waals surface area contributed by atoms with E-state index in [0.717, 1.165) is 30.9 Å².